The van der Waals surface area contributed by atoms with E-state index in [1.165, 1.54) is 19.4 Å². The molecule has 0 atom stereocenters. The van der Waals surface area contributed by atoms with Gasteiger partial charge in [-0.15, -0.1) is 0 Å². The summed E-state index contributed by atoms with van der Waals surface area (Å²) in [6.45, 7) is 3.16. The minimum absolute atomic E-state index is 0.898. The zero-order valence-electron chi connectivity index (χ0n) is 4.20. The van der Waals surface area contributed by atoms with Gasteiger partial charge < -0.3 is 0 Å². The van der Waals surface area contributed by atoms with Crippen molar-refractivity contribution >= 4 is 6.72 Å². The van der Waals surface area contributed by atoms with Gasteiger partial charge in [-0.05, 0) is 6.72 Å². The van der Waals surface area contributed by atoms with Gasteiger partial charge in [-0.2, -0.15) is 0 Å². The number of hydroxylamine groups is 2. The van der Waals surface area contributed by atoms with E-state index in [9.17, 15) is 0 Å². The highest BCUT2D eigenvalue weighted by Crippen LogP contribution is 1.74. The lowest BCUT2D eigenvalue weighted by atomic mass is 10.9. The van der Waals surface area contributed by atoms with Gasteiger partial charge in [0.15, 0.2) is 0 Å². The summed E-state index contributed by atoms with van der Waals surface area (Å²) >= 11 is 0. The Morgan fingerprint density at radius 2 is 2.43 bits per heavy atom. The maximum atomic E-state index is 8.34. The molecule has 0 bridgehead atoms. The second kappa shape index (κ2) is 3.36. The number of hydrogen-bond donors (Lipinski definition) is 1. The van der Waals surface area contributed by atoms with Gasteiger partial charge in [0.2, 0.25) is 0 Å². The van der Waals surface area contributed by atoms with Crippen molar-refractivity contribution < 1.29 is 5.21 Å². The van der Waals surface area contributed by atoms with Crippen LogP contribution in [0.2, 0.25) is 0 Å². The highest BCUT2D eigenvalue weighted by molar-refractivity contribution is 5.25. The molecular weight excluding hydrogens is 92.1 g/mol. The molecule has 0 aliphatic carbocycles. The van der Waals surface area contributed by atoms with E-state index < -0.39 is 0 Å². The van der Waals surface area contributed by atoms with Crippen molar-refractivity contribution in [1.82, 2.24) is 5.06 Å². The summed E-state index contributed by atoms with van der Waals surface area (Å²) < 4.78 is 0. The minimum Gasteiger partial charge on any atom is -0.289 e. The van der Waals surface area contributed by atoms with E-state index in [-0.39, 0.29) is 0 Å². The van der Waals surface area contributed by atoms with Crippen LogP contribution in [0.4, 0.5) is 0 Å². The standard InChI is InChI=1S/C4H8N2O/c1-5-3-4-6(2)7/h3-4,7H,1H2,2H3/b4-3-. The Bertz CT molecular complexity index is 77.8. The number of nitrogens with zero attached hydrogens (tertiary/aromatic N) is 2. The zero-order valence-corrected chi connectivity index (χ0v) is 4.20. The van der Waals surface area contributed by atoms with Crippen LogP contribution in [-0.4, -0.2) is 24.0 Å². The molecule has 0 aliphatic rings. The highest BCUT2D eigenvalue weighted by Gasteiger charge is 1.70. The summed E-state index contributed by atoms with van der Waals surface area (Å²) in [4.78, 5) is 3.34. The molecule has 3 nitrogen and oxygen atoms in total. The molecule has 0 saturated heterocycles. The molecule has 0 aromatic carbocycles. The molecule has 3 heteroatoms. The molecule has 7 heavy (non-hydrogen) atoms. The lowest BCUT2D eigenvalue weighted by Crippen LogP contribution is -2.00. The molecule has 0 heterocycles. The largest absolute Gasteiger partial charge is 0.289 e. The Kier molecular flexibility index (Phi) is 2.96. The third-order valence-corrected chi connectivity index (χ3v) is 0.388. The lowest BCUT2D eigenvalue weighted by Gasteiger charge is -1.97. The van der Waals surface area contributed by atoms with Crippen molar-refractivity contribution in [2.45, 2.75) is 0 Å². The molecule has 0 aliphatic heterocycles. The number of aliphatic imine (C=N–C) groups is 1. The number of rotatable bonds is 2. The molecule has 0 unspecified atom stereocenters. The summed E-state index contributed by atoms with van der Waals surface area (Å²) in [6, 6.07) is 0. The molecular formula is C4H8N2O. The first-order chi connectivity index (χ1) is 3.27. The minimum atomic E-state index is 0.898. The van der Waals surface area contributed by atoms with E-state index in [4.69, 9.17) is 5.21 Å². The van der Waals surface area contributed by atoms with Crippen LogP contribution < -0.4 is 0 Å². The van der Waals surface area contributed by atoms with E-state index in [0.29, 0.717) is 0 Å². The smallest absolute Gasteiger partial charge is 0.0452 e. The van der Waals surface area contributed by atoms with Gasteiger partial charge in [0.25, 0.3) is 0 Å². The SMILES string of the molecule is C=N/C=C\N(C)O. The molecule has 40 valence electrons. The topological polar surface area (TPSA) is 35.8 Å². The van der Waals surface area contributed by atoms with Crippen LogP contribution >= 0.6 is 0 Å². The van der Waals surface area contributed by atoms with Crippen molar-refractivity contribution in [3.63, 3.8) is 0 Å². The molecule has 0 saturated carbocycles. The molecule has 1 N–H and O–H groups in total. The molecule has 0 rings (SSSR count). The average molecular weight is 100 g/mol. The van der Waals surface area contributed by atoms with Crippen LogP contribution in [-0.2, 0) is 0 Å². The van der Waals surface area contributed by atoms with Crippen molar-refractivity contribution in [3.8, 4) is 0 Å². The Labute approximate surface area is 42.5 Å². The van der Waals surface area contributed by atoms with Crippen LogP contribution in [0.1, 0.15) is 0 Å². The van der Waals surface area contributed by atoms with E-state index in [0.717, 1.165) is 5.06 Å². The maximum Gasteiger partial charge on any atom is 0.0452 e. The lowest BCUT2D eigenvalue weighted by molar-refractivity contribution is -0.0130. The van der Waals surface area contributed by atoms with Crippen LogP contribution in [0.5, 0.6) is 0 Å². The maximum absolute atomic E-state index is 8.34. The molecule has 0 aromatic heterocycles. The summed E-state index contributed by atoms with van der Waals surface area (Å²) in [5.41, 5.74) is 0. The summed E-state index contributed by atoms with van der Waals surface area (Å²) in [6.07, 6.45) is 2.77. The van der Waals surface area contributed by atoms with Crippen LogP contribution in [0, 0.1) is 0 Å². The van der Waals surface area contributed by atoms with Crippen molar-refractivity contribution in [2.75, 3.05) is 7.05 Å². The Morgan fingerprint density at radius 3 is 2.57 bits per heavy atom. The average Bonchev–Trinajstić information content (AvgIpc) is 1.61. The van der Waals surface area contributed by atoms with Gasteiger partial charge in [-0.1, -0.05) is 0 Å². The Hall–Kier alpha value is -0.830. The fraction of sp³-hybridized carbons (Fsp3) is 0.250. The van der Waals surface area contributed by atoms with Gasteiger partial charge in [0, 0.05) is 19.4 Å². The van der Waals surface area contributed by atoms with Gasteiger partial charge in [-0.3, -0.25) is 15.3 Å². The van der Waals surface area contributed by atoms with E-state index >= 15 is 0 Å². The van der Waals surface area contributed by atoms with E-state index in [1.807, 2.05) is 0 Å². The predicted molar refractivity (Wildman–Crippen MR) is 28.2 cm³/mol. The first-order valence-electron chi connectivity index (χ1n) is 1.81. The monoisotopic (exact) mass is 100 g/mol. The Balaban J connectivity index is 3.25. The molecule has 0 aromatic rings. The van der Waals surface area contributed by atoms with Gasteiger partial charge >= 0.3 is 0 Å². The third kappa shape index (κ3) is 5.17. The van der Waals surface area contributed by atoms with Crippen LogP contribution in [0.3, 0.4) is 0 Å². The molecule has 0 amide bonds. The highest BCUT2D eigenvalue weighted by atomic mass is 16.5. The summed E-state index contributed by atoms with van der Waals surface area (Å²) in [5.74, 6) is 0. The van der Waals surface area contributed by atoms with Crippen LogP contribution in [0.25, 0.3) is 0 Å². The second-order valence-electron chi connectivity index (χ2n) is 1.05. The number of hydrogen-bond acceptors (Lipinski definition) is 3. The first-order valence-corrected chi connectivity index (χ1v) is 1.81. The predicted octanol–water partition coefficient (Wildman–Crippen LogP) is 0.479. The van der Waals surface area contributed by atoms with Crippen LogP contribution in [0.15, 0.2) is 17.4 Å². The first kappa shape index (κ1) is 6.17. The van der Waals surface area contributed by atoms with E-state index in [2.05, 4.69) is 11.7 Å². The quantitative estimate of drug-likeness (QED) is 0.404. The normalized spacial score (nSPS) is 9.43. The fourth-order valence-corrected chi connectivity index (χ4v) is 0.144. The van der Waals surface area contributed by atoms with Crippen molar-refractivity contribution in [2.24, 2.45) is 4.99 Å². The molecule has 0 spiro atoms. The molecule has 0 radical (unpaired) electrons. The fourth-order valence-electron chi connectivity index (χ4n) is 0.144. The zero-order chi connectivity index (χ0) is 5.70. The second-order valence-corrected chi connectivity index (χ2v) is 1.05. The summed E-state index contributed by atoms with van der Waals surface area (Å²) in [5, 5.41) is 9.24. The van der Waals surface area contributed by atoms with Crippen molar-refractivity contribution in [1.29, 1.82) is 0 Å². The Morgan fingerprint density at radius 1 is 1.86 bits per heavy atom. The molecule has 0 fully saturated rings. The van der Waals surface area contributed by atoms with Gasteiger partial charge in [0.1, 0.15) is 0 Å². The van der Waals surface area contributed by atoms with Gasteiger partial charge in [-0.25, -0.2) is 0 Å². The van der Waals surface area contributed by atoms with Crippen molar-refractivity contribution in [3.05, 3.63) is 12.4 Å². The van der Waals surface area contributed by atoms with Gasteiger partial charge in [0.05, 0.1) is 0 Å². The van der Waals surface area contributed by atoms with E-state index in [1.54, 1.807) is 0 Å². The summed E-state index contributed by atoms with van der Waals surface area (Å²) in [7, 11) is 1.49. The third-order valence-electron chi connectivity index (χ3n) is 0.388.